The Morgan fingerprint density at radius 2 is 1.85 bits per heavy atom. The fourth-order valence-electron chi connectivity index (χ4n) is 2.85. The third kappa shape index (κ3) is 5.39. The molecule has 0 amide bonds. The zero-order chi connectivity index (χ0) is 24.9. The molecule has 0 saturated heterocycles. The number of phenols is 1. The number of anilines is 2. The number of nitrogens with one attached hydrogen (secondary N) is 2. The van der Waals surface area contributed by atoms with Crippen molar-refractivity contribution in [2.75, 3.05) is 17.3 Å². The molecule has 13 heteroatoms. The molecule has 0 heterocycles. The molecule has 3 aromatic carbocycles. The van der Waals surface area contributed by atoms with Gasteiger partial charge in [-0.2, -0.15) is 5.10 Å². The number of hydrogen-bond acceptors (Lipinski definition) is 9. The number of carboxylic acids is 1. The summed E-state index contributed by atoms with van der Waals surface area (Å²) in [4.78, 5) is 21.6. The summed E-state index contributed by atoms with van der Waals surface area (Å²) in [6.07, 6.45) is 1.29. The number of nitrogens with zero attached hydrogens (tertiary/aromatic N) is 2. The number of hydrogen-bond donors (Lipinski definition) is 4. The molecule has 0 aliphatic rings. The number of ether oxygens (including phenoxy) is 1. The number of rotatable bonds is 9. The molecule has 0 saturated carbocycles. The Hall–Kier alpha value is -4.65. The quantitative estimate of drug-likeness (QED) is 0.200. The summed E-state index contributed by atoms with van der Waals surface area (Å²) < 4.78 is 32.5. The van der Waals surface area contributed by atoms with E-state index < -0.39 is 31.5 Å². The summed E-state index contributed by atoms with van der Waals surface area (Å²) in [6, 6.07) is 12.9. The van der Waals surface area contributed by atoms with Gasteiger partial charge in [-0.1, -0.05) is 12.1 Å². The highest BCUT2D eigenvalue weighted by atomic mass is 32.2. The minimum absolute atomic E-state index is 0.0936. The molecule has 176 valence electrons. The summed E-state index contributed by atoms with van der Waals surface area (Å²) >= 11 is 0. The van der Waals surface area contributed by atoms with Crippen LogP contribution in [0, 0.1) is 10.1 Å². The van der Waals surface area contributed by atoms with Crippen molar-refractivity contribution in [3.05, 3.63) is 81.9 Å². The first-order valence-corrected chi connectivity index (χ1v) is 10.9. The molecule has 0 aromatic heterocycles. The topological polar surface area (TPSA) is 180 Å². The van der Waals surface area contributed by atoms with Crippen LogP contribution in [-0.2, 0) is 10.0 Å². The molecule has 0 radical (unpaired) electrons. The van der Waals surface area contributed by atoms with Gasteiger partial charge in [0.15, 0.2) is 11.5 Å². The van der Waals surface area contributed by atoms with Crippen LogP contribution >= 0.6 is 0 Å². The van der Waals surface area contributed by atoms with Crippen LogP contribution < -0.4 is 14.9 Å². The number of sulfonamides is 1. The minimum Gasteiger partial charge on any atom is -0.504 e. The first-order chi connectivity index (χ1) is 16.1. The van der Waals surface area contributed by atoms with Crippen molar-refractivity contribution in [3.63, 3.8) is 0 Å². The third-order valence-electron chi connectivity index (χ3n) is 4.48. The largest absolute Gasteiger partial charge is 0.504 e. The molecule has 3 aromatic rings. The number of para-hydroxylation sites is 1. The van der Waals surface area contributed by atoms with Crippen molar-refractivity contribution in [1.29, 1.82) is 0 Å². The highest BCUT2D eigenvalue weighted by Crippen LogP contribution is 2.29. The van der Waals surface area contributed by atoms with Crippen molar-refractivity contribution >= 4 is 39.3 Å². The zero-order valence-corrected chi connectivity index (χ0v) is 18.3. The lowest BCUT2D eigenvalue weighted by Crippen LogP contribution is -2.16. The number of carboxylic acid groups (broad SMARTS) is 1. The number of phenolic OH excluding ortho intramolecular Hbond substituents is 1. The summed E-state index contributed by atoms with van der Waals surface area (Å²) in [7, 11) is -2.94. The molecule has 0 unspecified atom stereocenters. The number of aromatic hydroxyl groups is 1. The van der Waals surface area contributed by atoms with Crippen molar-refractivity contribution < 1.29 is 33.1 Å². The van der Waals surface area contributed by atoms with Crippen LogP contribution in [0.1, 0.15) is 15.9 Å². The fraction of sp³-hybridized carbons (Fsp3) is 0.0476. The van der Waals surface area contributed by atoms with Crippen molar-refractivity contribution in [2.24, 2.45) is 5.10 Å². The molecular formula is C21H18N4O8S. The third-order valence-corrected chi connectivity index (χ3v) is 5.84. The van der Waals surface area contributed by atoms with E-state index in [2.05, 4.69) is 15.2 Å². The Balaban J connectivity index is 1.86. The Morgan fingerprint density at radius 3 is 2.50 bits per heavy atom. The van der Waals surface area contributed by atoms with Gasteiger partial charge in [0.25, 0.3) is 15.7 Å². The van der Waals surface area contributed by atoms with Gasteiger partial charge in [-0.05, 0) is 48.0 Å². The Kier molecular flexibility index (Phi) is 6.97. The predicted octanol–water partition coefficient (Wildman–Crippen LogP) is 3.25. The van der Waals surface area contributed by atoms with E-state index in [4.69, 9.17) is 4.74 Å². The molecule has 0 fully saturated rings. The minimum atomic E-state index is -4.34. The standard InChI is InChI=1S/C21H18N4O8S/c1-33-20-9-6-13(10-19(20)26)12-22-23-17-8-7-14(11-18(17)25(29)30)34(31,32)24-16-5-3-2-4-15(16)21(27)28/h2-12,23-24,26H,1H3,(H,27,28)/b22-12-. The first-order valence-electron chi connectivity index (χ1n) is 9.42. The first kappa shape index (κ1) is 24.0. The lowest BCUT2D eigenvalue weighted by Gasteiger charge is -2.11. The van der Waals surface area contributed by atoms with Crippen LogP contribution in [0.4, 0.5) is 17.1 Å². The summed E-state index contributed by atoms with van der Waals surface area (Å²) in [5.74, 6) is -1.20. The highest BCUT2D eigenvalue weighted by molar-refractivity contribution is 7.92. The maximum atomic E-state index is 12.7. The second-order valence-corrected chi connectivity index (χ2v) is 8.38. The van der Waals surface area contributed by atoms with Crippen LogP contribution in [0.3, 0.4) is 0 Å². The van der Waals surface area contributed by atoms with Gasteiger partial charge in [0.1, 0.15) is 5.69 Å². The van der Waals surface area contributed by atoms with Gasteiger partial charge in [-0.3, -0.25) is 20.3 Å². The number of benzene rings is 3. The van der Waals surface area contributed by atoms with E-state index in [0.717, 1.165) is 18.2 Å². The van der Waals surface area contributed by atoms with Gasteiger partial charge >= 0.3 is 5.97 Å². The maximum Gasteiger partial charge on any atom is 0.337 e. The molecule has 12 nitrogen and oxygen atoms in total. The van der Waals surface area contributed by atoms with E-state index in [9.17, 15) is 33.5 Å². The van der Waals surface area contributed by atoms with E-state index in [1.807, 2.05) is 0 Å². The van der Waals surface area contributed by atoms with E-state index in [-0.39, 0.29) is 28.4 Å². The van der Waals surface area contributed by atoms with Gasteiger partial charge in [0, 0.05) is 6.07 Å². The molecule has 0 aliphatic heterocycles. The number of methoxy groups -OCH3 is 1. The van der Waals surface area contributed by atoms with Crippen LogP contribution in [-0.4, -0.2) is 42.8 Å². The zero-order valence-electron chi connectivity index (χ0n) is 17.5. The smallest absolute Gasteiger partial charge is 0.337 e. The SMILES string of the molecule is COc1ccc(/C=N\Nc2ccc(S(=O)(=O)Nc3ccccc3C(=O)O)cc2[N+](=O)[O-])cc1O. The van der Waals surface area contributed by atoms with Crippen molar-refractivity contribution in [1.82, 2.24) is 0 Å². The number of hydrazone groups is 1. The predicted molar refractivity (Wildman–Crippen MR) is 123 cm³/mol. The van der Waals surface area contributed by atoms with Gasteiger partial charge in [-0.25, -0.2) is 13.2 Å². The Morgan fingerprint density at radius 1 is 1.12 bits per heavy atom. The van der Waals surface area contributed by atoms with Gasteiger partial charge in [0.2, 0.25) is 0 Å². The molecule has 0 aliphatic carbocycles. The van der Waals surface area contributed by atoms with Gasteiger partial charge in [0.05, 0.1) is 34.4 Å². The average Bonchev–Trinajstić information content (AvgIpc) is 2.79. The second kappa shape index (κ2) is 9.87. The van der Waals surface area contributed by atoms with E-state index in [1.54, 1.807) is 6.07 Å². The average molecular weight is 486 g/mol. The molecule has 0 bridgehead atoms. The van der Waals surface area contributed by atoms with Crippen molar-refractivity contribution in [3.8, 4) is 11.5 Å². The highest BCUT2D eigenvalue weighted by Gasteiger charge is 2.23. The van der Waals surface area contributed by atoms with Gasteiger partial charge < -0.3 is 14.9 Å². The van der Waals surface area contributed by atoms with E-state index >= 15 is 0 Å². The summed E-state index contributed by atoms with van der Waals surface area (Å²) in [5.41, 5.74) is 1.79. The maximum absolute atomic E-state index is 12.7. The Labute approximate surface area is 193 Å². The molecule has 34 heavy (non-hydrogen) atoms. The molecule has 0 spiro atoms. The second-order valence-electron chi connectivity index (χ2n) is 6.69. The Bertz CT molecular complexity index is 1390. The van der Waals surface area contributed by atoms with Crippen molar-refractivity contribution in [2.45, 2.75) is 4.90 Å². The fourth-order valence-corrected chi connectivity index (χ4v) is 3.95. The van der Waals surface area contributed by atoms with Crippen LogP contribution in [0.5, 0.6) is 11.5 Å². The molecule has 0 atom stereocenters. The van der Waals surface area contributed by atoms with Gasteiger partial charge in [-0.15, -0.1) is 0 Å². The van der Waals surface area contributed by atoms with Crippen LogP contribution in [0.2, 0.25) is 0 Å². The van der Waals surface area contributed by atoms with E-state index in [1.165, 1.54) is 49.7 Å². The number of nitro groups is 1. The molecular weight excluding hydrogens is 468 g/mol. The number of carbonyl (C=O) groups is 1. The monoisotopic (exact) mass is 486 g/mol. The molecule has 4 N–H and O–H groups in total. The lowest BCUT2D eigenvalue weighted by atomic mass is 10.2. The summed E-state index contributed by atoms with van der Waals surface area (Å²) in [6.45, 7) is 0. The lowest BCUT2D eigenvalue weighted by molar-refractivity contribution is -0.384. The van der Waals surface area contributed by atoms with Crippen LogP contribution in [0.15, 0.2) is 70.7 Å². The number of aromatic carboxylic acids is 1. The summed E-state index contributed by atoms with van der Waals surface area (Å²) in [5, 5.41) is 34.4. The normalized spacial score (nSPS) is 11.2. The molecule has 3 rings (SSSR count). The van der Waals surface area contributed by atoms with E-state index in [0.29, 0.717) is 5.56 Å². The van der Waals surface area contributed by atoms with Crippen LogP contribution in [0.25, 0.3) is 0 Å². The number of nitro benzene ring substituents is 1.